The van der Waals surface area contributed by atoms with Gasteiger partial charge in [0, 0.05) is 19.3 Å². The molecule has 0 bridgehead atoms. The lowest BCUT2D eigenvalue weighted by Crippen LogP contribution is -2.15. The second kappa shape index (κ2) is 6.17. The molecule has 5 nitrogen and oxygen atoms in total. The van der Waals surface area contributed by atoms with Gasteiger partial charge in [-0.1, -0.05) is 18.2 Å². The van der Waals surface area contributed by atoms with E-state index in [1.807, 2.05) is 49.4 Å². The van der Waals surface area contributed by atoms with E-state index in [4.69, 9.17) is 0 Å². The molecule has 1 aromatic carbocycles. The van der Waals surface area contributed by atoms with Gasteiger partial charge in [0.25, 0.3) is 0 Å². The summed E-state index contributed by atoms with van der Waals surface area (Å²) in [5, 5.41) is 6.56. The third-order valence-electron chi connectivity index (χ3n) is 3.13. The van der Waals surface area contributed by atoms with Crippen molar-refractivity contribution in [1.29, 1.82) is 0 Å². The van der Waals surface area contributed by atoms with E-state index in [1.165, 1.54) is 0 Å². The van der Waals surface area contributed by atoms with Gasteiger partial charge in [-0.05, 0) is 31.2 Å². The molecule has 21 heavy (non-hydrogen) atoms. The Bertz CT molecular complexity index is 727. The first-order chi connectivity index (χ1) is 10.3. The predicted octanol–water partition coefficient (Wildman–Crippen LogP) is 2.86. The second-order valence-electron chi connectivity index (χ2n) is 4.71. The van der Waals surface area contributed by atoms with Crippen LogP contribution in [0.15, 0.2) is 48.7 Å². The molecule has 106 valence electrons. The molecule has 0 saturated heterocycles. The van der Waals surface area contributed by atoms with Crippen molar-refractivity contribution in [2.24, 2.45) is 0 Å². The van der Waals surface area contributed by atoms with E-state index in [1.54, 1.807) is 6.20 Å². The Morgan fingerprint density at radius 3 is 2.33 bits per heavy atom. The Labute approximate surface area is 123 Å². The molecular weight excluding hydrogens is 262 g/mol. The van der Waals surface area contributed by atoms with Crippen LogP contribution in [0.3, 0.4) is 0 Å². The minimum atomic E-state index is 0.754. The molecule has 2 N–H and O–H groups in total. The van der Waals surface area contributed by atoms with E-state index < -0.39 is 0 Å². The van der Waals surface area contributed by atoms with E-state index in [2.05, 4.69) is 25.6 Å². The summed E-state index contributed by atoms with van der Waals surface area (Å²) in [6, 6.07) is 13.7. The van der Waals surface area contributed by atoms with E-state index in [-0.39, 0.29) is 0 Å². The number of para-hydroxylation sites is 2. The Morgan fingerprint density at radius 1 is 0.857 bits per heavy atom. The Morgan fingerprint density at radius 2 is 1.57 bits per heavy atom. The van der Waals surface area contributed by atoms with Crippen LogP contribution in [0.1, 0.15) is 5.69 Å². The number of hydrogen-bond donors (Lipinski definition) is 2. The number of rotatable bonds is 5. The van der Waals surface area contributed by atoms with Gasteiger partial charge in [-0.15, -0.1) is 0 Å². The van der Waals surface area contributed by atoms with Crippen LogP contribution in [0.4, 0.5) is 11.6 Å². The van der Waals surface area contributed by atoms with Crippen molar-refractivity contribution >= 4 is 22.7 Å². The standard InChI is InChI=1S/C16H17N5/c1-12-16(21-14-7-3-2-6-13(14)20-12)19-11-10-18-15-8-4-5-9-17-15/h2-9H,10-11H2,1H3,(H,17,18)(H,19,21). The summed E-state index contributed by atoms with van der Waals surface area (Å²) in [5.41, 5.74) is 2.74. The van der Waals surface area contributed by atoms with E-state index in [0.29, 0.717) is 0 Å². The molecule has 0 aliphatic carbocycles. The molecule has 5 heteroatoms. The molecule has 3 rings (SSSR count). The predicted molar refractivity (Wildman–Crippen MR) is 85.5 cm³/mol. The molecule has 2 heterocycles. The summed E-state index contributed by atoms with van der Waals surface area (Å²) >= 11 is 0. The zero-order chi connectivity index (χ0) is 14.5. The SMILES string of the molecule is Cc1nc2ccccc2nc1NCCNc1ccccn1. The topological polar surface area (TPSA) is 62.7 Å². The molecule has 0 radical (unpaired) electrons. The first-order valence-corrected chi connectivity index (χ1v) is 6.95. The van der Waals surface area contributed by atoms with Crippen molar-refractivity contribution in [2.75, 3.05) is 23.7 Å². The van der Waals surface area contributed by atoms with Crippen molar-refractivity contribution < 1.29 is 0 Å². The van der Waals surface area contributed by atoms with Gasteiger partial charge in [0.15, 0.2) is 0 Å². The number of pyridine rings is 1. The molecule has 3 aromatic rings. The third kappa shape index (κ3) is 3.25. The lowest BCUT2D eigenvalue weighted by Gasteiger charge is -2.10. The molecule has 0 amide bonds. The fourth-order valence-electron chi connectivity index (χ4n) is 2.09. The largest absolute Gasteiger partial charge is 0.368 e. The van der Waals surface area contributed by atoms with Crippen LogP contribution in [0.5, 0.6) is 0 Å². The Kier molecular flexibility index (Phi) is 3.91. The number of hydrogen-bond acceptors (Lipinski definition) is 5. The zero-order valence-electron chi connectivity index (χ0n) is 11.9. The average molecular weight is 279 g/mol. The smallest absolute Gasteiger partial charge is 0.148 e. The van der Waals surface area contributed by atoms with Gasteiger partial charge in [0.2, 0.25) is 0 Å². The number of aromatic nitrogens is 3. The molecule has 0 saturated carbocycles. The molecule has 2 aromatic heterocycles. The maximum Gasteiger partial charge on any atom is 0.148 e. The molecule has 0 fully saturated rings. The van der Waals surface area contributed by atoms with Crippen LogP contribution in [0, 0.1) is 6.92 Å². The van der Waals surface area contributed by atoms with Crippen LogP contribution in [0.2, 0.25) is 0 Å². The van der Waals surface area contributed by atoms with Crippen LogP contribution in [-0.4, -0.2) is 28.0 Å². The minimum Gasteiger partial charge on any atom is -0.368 e. The van der Waals surface area contributed by atoms with E-state index in [0.717, 1.165) is 41.5 Å². The van der Waals surface area contributed by atoms with Crippen LogP contribution in [-0.2, 0) is 0 Å². The van der Waals surface area contributed by atoms with Gasteiger partial charge in [0.1, 0.15) is 11.6 Å². The zero-order valence-corrected chi connectivity index (χ0v) is 11.9. The van der Waals surface area contributed by atoms with E-state index >= 15 is 0 Å². The molecule has 0 aliphatic rings. The van der Waals surface area contributed by atoms with Crippen LogP contribution < -0.4 is 10.6 Å². The summed E-state index contributed by atoms with van der Waals surface area (Å²) in [6.07, 6.45) is 1.77. The van der Waals surface area contributed by atoms with Crippen molar-refractivity contribution in [1.82, 2.24) is 15.0 Å². The lowest BCUT2D eigenvalue weighted by molar-refractivity contribution is 1.03. The van der Waals surface area contributed by atoms with E-state index in [9.17, 15) is 0 Å². The van der Waals surface area contributed by atoms with Gasteiger partial charge in [-0.2, -0.15) is 0 Å². The lowest BCUT2D eigenvalue weighted by atomic mass is 10.3. The van der Waals surface area contributed by atoms with Crippen molar-refractivity contribution in [3.05, 3.63) is 54.4 Å². The Hall–Kier alpha value is -2.69. The van der Waals surface area contributed by atoms with Crippen LogP contribution in [0.25, 0.3) is 11.0 Å². The first-order valence-electron chi connectivity index (χ1n) is 6.95. The average Bonchev–Trinajstić information content (AvgIpc) is 2.53. The highest BCUT2D eigenvalue weighted by Gasteiger charge is 2.03. The number of fused-ring (bicyclic) bond motifs is 1. The molecule has 0 atom stereocenters. The monoisotopic (exact) mass is 279 g/mol. The summed E-state index contributed by atoms with van der Waals surface area (Å²) in [6.45, 7) is 3.49. The van der Waals surface area contributed by atoms with Gasteiger partial charge in [-0.3, -0.25) is 0 Å². The van der Waals surface area contributed by atoms with Crippen LogP contribution >= 0.6 is 0 Å². The summed E-state index contributed by atoms with van der Waals surface area (Å²) in [5.74, 6) is 1.71. The van der Waals surface area contributed by atoms with Crippen molar-refractivity contribution in [3.63, 3.8) is 0 Å². The molecule has 0 aliphatic heterocycles. The molecule has 0 spiro atoms. The fraction of sp³-hybridized carbons (Fsp3) is 0.188. The quantitative estimate of drug-likeness (QED) is 0.703. The normalized spacial score (nSPS) is 10.5. The Balaban J connectivity index is 1.61. The third-order valence-corrected chi connectivity index (χ3v) is 3.13. The molecule has 0 unspecified atom stereocenters. The molecular formula is C16H17N5. The van der Waals surface area contributed by atoms with Gasteiger partial charge in [0.05, 0.1) is 16.7 Å². The van der Waals surface area contributed by atoms with Gasteiger partial charge in [-0.25, -0.2) is 15.0 Å². The van der Waals surface area contributed by atoms with Gasteiger partial charge >= 0.3 is 0 Å². The number of nitrogens with zero attached hydrogens (tertiary/aromatic N) is 3. The maximum absolute atomic E-state index is 4.60. The number of benzene rings is 1. The highest BCUT2D eigenvalue weighted by Crippen LogP contribution is 2.15. The highest BCUT2D eigenvalue weighted by molar-refractivity contribution is 5.76. The summed E-state index contributed by atoms with van der Waals surface area (Å²) < 4.78 is 0. The van der Waals surface area contributed by atoms with Gasteiger partial charge < -0.3 is 10.6 Å². The number of nitrogens with one attached hydrogen (secondary N) is 2. The highest BCUT2D eigenvalue weighted by atomic mass is 15.1. The minimum absolute atomic E-state index is 0.754. The first kappa shape index (κ1) is 13.3. The number of aryl methyl sites for hydroxylation is 1. The van der Waals surface area contributed by atoms with Crippen molar-refractivity contribution in [3.8, 4) is 0 Å². The second-order valence-corrected chi connectivity index (χ2v) is 4.71. The van der Waals surface area contributed by atoms with Crippen molar-refractivity contribution in [2.45, 2.75) is 6.92 Å². The summed E-state index contributed by atoms with van der Waals surface area (Å²) in [7, 11) is 0. The summed E-state index contributed by atoms with van der Waals surface area (Å²) in [4.78, 5) is 13.4. The number of anilines is 2. The maximum atomic E-state index is 4.60. The fourth-order valence-corrected chi connectivity index (χ4v) is 2.09.